The van der Waals surface area contributed by atoms with Crippen LogP contribution in [0.2, 0.25) is 0 Å². The number of pyridine rings is 1. The Hall–Kier alpha value is -2.03. The summed E-state index contributed by atoms with van der Waals surface area (Å²) in [5.74, 6) is 0.288. The van der Waals surface area contributed by atoms with Crippen LogP contribution in [0.25, 0.3) is 0 Å². The van der Waals surface area contributed by atoms with Crippen molar-refractivity contribution in [3.05, 3.63) is 18.3 Å². The maximum atomic E-state index is 12.0. The molecule has 1 fully saturated rings. The van der Waals surface area contributed by atoms with Gasteiger partial charge in [0.15, 0.2) is 6.61 Å². The highest BCUT2D eigenvalue weighted by atomic mass is 19.4. The molecule has 0 aliphatic carbocycles. The van der Waals surface area contributed by atoms with Crippen LogP contribution in [0.5, 0.6) is 5.88 Å². The van der Waals surface area contributed by atoms with Crippen molar-refractivity contribution >= 4 is 11.7 Å². The van der Waals surface area contributed by atoms with Crippen molar-refractivity contribution in [3.8, 4) is 5.88 Å². The van der Waals surface area contributed by atoms with Crippen LogP contribution in [-0.4, -0.2) is 54.9 Å². The van der Waals surface area contributed by atoms with E-state index < -0.39 is 12.8 Å². The van der Waals surface area contributed by atoms with Gasteiger partial charge in [-0.05, 0) is 31.5 Å². The number of halogens is 3. The summed E-state index contributed by atoms with van der Waals surface area (Å²) in [7, 11) is 0. The topological polar surface area (TPSA) is 66.5 Å². The predicted octanol–water partition coefficient (Wildman–Crippen LogP) is 2.49. The minimum atomic E-state index is -4.41. The lowest BCUT2D eigenvalue weighted by atomic mass is 10.1. The van der Waals surface area contributed by atoms with E-state index in [9.17, 15) is 18.0 Å². The first kappa shape index (κ1) is 18.3. The molecule has 2 heterocycles. The van der Waals surface area contributed by atoms with Crippen LogP contribution in [0.4, 0.5) is 23.7 Å². The molecular formula is C15H21F3N4O2. The van der Waals surface area contributed by atoms with Crippen molar-refractivity contribution in [1.82, 2.24) is 15.2 Å². The molecule has 1 aliphatic rings. The number of amides is 2. The number of hydrogen-bond donors (Lipinski definition) is 2. The number of ether oxygens (including phenoxy) is 1. The van der Waals surface area contributed by atoms with E-state index in [4.69, 9.17) is 0 Å². The Morgan fingerprint density at radius 2 is 2.25 bits per heavy atom. The number of carbonyl (C=O) groups excluding carboxylic acids is 1. The number of nitrogens with zero attached hydrogens (tertiary/aromatic N) is 2. The highest BCUT2D eigenvalue weighted by molar-refractivity contribution is 5.88. The molecule has 1 atom stereocenters. The first-order valence-electron chi connectivity index (χ1n) is 7.78. The number of carbonyl (C=O) groups is 1. The van der Waals surface area contributed by atoms with Crippen molar-refractivity contribution in [2.24, 2.45) is 5.92 Å². The van der Waals surface area contributed by atoms with Crippen LogP contribution in [-0.2, 0) is 0 Å². The Kier molecular flexibility index (Phi) is 6.24. The van der Waals surface area contributed by atoms with Crippen LogP contribution in [0.3, 0.4) is 0 Å². The van der Waals surface area contributed by atoms with Gasteiger partial charge >= 0.3 is 12.2 Å². The van der Waals surface area contributed by atoms with E-state index in [0.717, 1.165) is 26.1 Å². The second-order valence-electron chi connectivity index (χ2n) is 5.67. The van der Waals surface area contributed by atoms with Crippen LogP contribution in [0.1, 0.15) is 13.3 Å². The molecule has 6 nitrogen and oxygen atoms in total. The second kappa shape index (κ2) is 8.18. The van der Waals surface area contributed by atoms with Crippen molar-refractivity contribution in [1.29, 1.82) is 0 Å². The number of likely N-dealkylation sites (tertiary alicyclic amines) is 1. The smallest absolute Gasteiger partial charge is 0.422 e. The standard InChI is InChI=1S/C15H21F3N4O2/c1-2-22-6-5-11(9-22)7-20-14(23)21-12-3-4-13(19-8-12)24-10-15(16,17)18/h3-4,8,11H,2,5-7,9-10H2,1H3,(H2,20,21,23)/t11-/m1/s1. The summed E-state index contributed by atoms with van der Waals surface area (Å²) in [6.45, 7) is 4.33. The summed E-state index contributed by atoms with van der Waals surface area (Å²) in [5.41, 5.74) is 0.383. The van der Waals surface area contributed by atoms with Crippen LogP contribution >= 0.6 is 0 Å². The van der Waals surface area contributed by atoms with Gasteiger partial charge in [-0.25, -0.2) is 9.78 Å². The second-order valence-corrected chi connectivity index (χ2v) is 5.67. The fourth-order valence-electron chi connectivity index (χ4n) is 2.47. The first-order valence-corrected chi connectivity index (χ1v) is 7.78. The highest BCUT2D eigenvalue weighted by Crippen LogP contribution is 2.18. The van der Waals surface area contributed by atoms with Crippen molar-refractivity contribution in [2.75, 3.05) is 38.1 Å². The third-order valence-electron chi connectivity index (χ3n) is 3.75. The minimum absolute atomic E-state index is 0.149. The molecule has 134 valence electrons. The van der Waals surface area contributed by atoms with Crippen LogP contribution in [0.15, 0.2) is 18.3 Å². The Balaban J connectivity index is 1.72. The van der Waals surface area contributed by atoms with Gasteiger partial charge in [-0.1, -0.05) is 6.92 Å². The molecule has 0 bridgehead atoms. The predicted molar refractivity (Wildman–Crippen MR) is 83.0 cm³/mol. The lowest BCUT2D eigenvalue weighted by Gasteiger charge is -2.14. The molecule has 24 heavy (non-hydrogen) atoms. The molecule has 0 saturated carbocycles. The zero-order chi connectivity index (χ0) is 17.6. The van der Waals surface area contributed by atoms with Gasteiger partial charge < -0.3 is 20.3 Å². The summed E-state index contributed by atoms with van der Waals surface area (Å²) < 4.78 is 40.6. The molecule has 0 radical (unpaired) electrons. The molecule has 1 saturated heterocycles. The summed E-state index contributed by atoms with van der Waals surface area (Å²) in [5, 5.41) is 5.38. The molecule has 2 rings (SSSR count). The van der Waals surface area contributed by atoms with Gasteiger partial charge in [-0.2, -0.15) is 13.2 Å². The number of aromatic nitrogens is 1. The van der Waals surface area contributed by atoms with Crippen molar-refractivity contribution in [2.45, 2.75) is 19.5 Å². The normalized spacial score (nSPS) is 18.4. The van der Waals surface area contributed by atoms with Crippen LogP contribution in [0, 0.1) is 5.92 Å². The molecule has 2 N–H and O–H groups in total. The zero-order valence-corrected chi connectivity index (χ0v) is 13.4. The maximum absolute atomic E-state index is 12.0. The summed E-state index contributed by atoms with van der Waals surface area (Å²) in [6.07, 6.45) is -2.10. The number of hydrogen-bond acceptors (Lipinski definition) is 4. The average Bonchev–Trinajstić information content (AvgIpc) is 3.00. The summed E-state index contributed by atoms with van der Waals surface area (Å²) >= 11 is 0. The molecule has 9 heteroatoms. The van der Waals surface area contributed by atoms with Gasteiger partial charge in [0.2, 0.25) is 5.88 Å². The lowest BCUT2D eigenvalue weighted by Crippen LogP contribution is -2.34. The molecule has 2 amide bonds. The molecule has 0 spiro atoms. The number of urea groups is 1. The molecule has 1 aromatic heterocycles. The quantitative estimate of drug-likeness (QED) is 0.831. The Morgan fingerprint density at radius 1 is 1.46 bits per heavy atom. The average molecular weight is 346 g/mol. The number of anilines is 1. The Bertz CT molecular complexity index is 537. The Morgan fingerprint density at radius 3 is 2.83 bits per heavy atom. The molecule has 0 unspecified atom stereocenters. The van der Waals surface area contributed by atoms with E-state index in [2.05, 4.69) is 32.2 Å². The third kappa shape index (κ3) is 6.23. The number of rotatable bonds is 6. The van der Waals surface area contributed by atoms with Gasteiger partial charge in [-0.3, -0.25) is 0 Å². The van der Waals surface area contributed by atoms with E-state index in [0.29, 0.717) is 18.2 Å². The van der Waals surface area contributed by atoms with E-state index >= 15 is 0 Å². The zero-order valence-electron chi connectivity index (χ0n) is 13.4. The summed E-state index contributed by atoms with van der Waals surface area (Å²) in [6, 6.07) is 2.35. The fourth-order valence-corrected chi connectivity index (χ4v) is 2.47. The van der Waals surface area contributed by atoms with Gasteiger partial charge in [0, 0.05) is 19.2 Å². The van der Waals surface area contributed by atoms with Crippen molar-refractivity contribution < 1.29 is 22.7 Å². The summed E-state index contributed by atoms with van der Waals surface area (Å²) in [4.78, 5) is 17.9. The van der Waals surface area contributed by atoms with Crippen LogP contribution < -0.4 is 15.4 Å². The number of alkyl halides is 3. The van der Waals surface area contributed by atoms with E-state index in [-0.39, 0.29) is 11.9 Å². The maximum Gasteiger partial charge on any atom is 0.422 e. The first-order chi connectivity index (χ1) is 11.4. The fraction of sp³-hybridized carbons (Fsp3) is 0.600. The van der Waals surface area contributed by atoms with Crippen molar-refractivity contribution in [3.63, 3.8) is 0 Å². The molecule has 0 aromatic carbocycles. The number of nitrogens with one attached hydrogen (secondary N) is 2. The van der Waals surface area contributed by atoms with E-state index in [1.165, 1.54) is 18.3 Å². The minimum Gasteiger partial charge on any atom is -0.468 e. The molecule has 1 aromatic rings. The SMILES string of the molecule is CCN1CC[C@H](CNC(=O)Nc2ccc(OCC(F)(F)F)nc2)C1. The Labute approximate surface area is 138 Å². The monoisotopic (exact) mass is 346 g/mol. The van der Waals surface area contributed by atoms with Gasteiger partial charge in [0.05, 0.1) is 11.9 Å². The molecule has 1 aliphatic heterocycles. The van der Waals surface area contributed by atoms with Gasteiger partial charge in [0.25, 0.3) is 0 Å². The van der Waals surface area contributed by atoms with E-state index in [1.54, 1.807) is 0 Å². The van der Waals surface area contributed by atoms with Gasteiger partial charge in [0.1, 0.15) is 0 Å². The lowest BCUT2D eigenvalue weighted by molar-refractivity contribution is -0.154. The largest absolute Gasteiger partial charge is 0.468 e. The third-order valence-corrected chi connectivity index (χ3v) is 3.75. The van der Waals surface area contributed by atoms with E-state index in [1.807, 2.05) is 0 Å². The highest BCUT2D eigenvalue weighted by Gasteiger charge is 2.28. The van der Waals surface area contributed by atoms with Gasteiger partial charge in [-0.15, -0.1) is 0 Å². The molecular weight excluding hydrogens is 325 g/mol.